The van der Waals surface area contributed by atoms with E-state index in [1.807, 2.05) is 12.1 Å². The van der Waals surface area contributed by atoms with Gasteiger partial charge in [0.25, 0.3) is 0 Å². The normalized spacial score (nSPS) is 24.6. The molecule has 1 fully saturated rings. The zero-order valence-corrected chi connectivity index (χ0v) is 11.0. The van der Waals surface area contributed by atoms with Gasteiger partial charge in [0.1, 0.15) is 11.9 Å². The van der Waals surface area contributed by atoms with Crippen molar-refractivity contribution < 1.29 is 4.74 Å². The van der Waals surface area contributed by atoms with Gasteiger partial charge in [-0.25, -0.2) is 0 Å². The fourth-order valence-corrected chi connectivity index (χ4v) is 2.81. The first-order valence-electron chi connectivity index (χ1n) is 6.42. The van der Waals surface area contributed by atoms with E-state index in [1.165, 1.54) is 25.7 Å². The fourth-order valence-electron chi connectivity index (χ4n) is 2.57. The fraction of sp³-hybridized carbons (Fsp3) is 0.571. The van der Waals surface area contributed by atoms with Gasteiger partial charge in [-0.15, -0.1) is 0 Å². The van der Waals surface area contributed by atoms with Gasteiger partial charge in [-0.3, -0.25) is 0 Å². The first kappa shape index (κ1) is 12.6. The van der Waals surface area contributed by atoms with E-state index >= 15 is 0 Å². The Morgan fingerprint density at radius 2 is 2.12 bits per heavy atom. The van der Waals surface area contributed by atoms with Gasteiger partial charge < -0.3 is 10.5 Å². The third kappa shape index (κ3) is 3.06. The summed E-state index contributed by atoms with van der Waals surface area (Å²) in [4.78, 5) is 0. The average molecular weight is 254 g/mol. The van der Waals surface area contributed by atoms with Gasteiger partial charge in [-0.05, 0) is 49.8 Å². The van der Waals surface area contributed by atoms with Crippen LogP contribution in [0.2, 0.25) is 5.02 Å². The van der Waals surface area contributed by atoms with Crippen LogP contribution >= 0.6 is 11.6 Å². The van der Waals surface area contributed by atoms with Gasteiger partial charge in [0, 0.05) is 5.69 Å². The molecule has 0 aromatic heterocycles. The third-order valence-electron chi connectivity index (χ3n) is 3.60. The number of halogens is 1. The summed E-state index contributed by atoms with van der Waals surface area (Å²) in [5.41, 5.74) is 6.35. The summed E-state index contributed by atoms with van der Waals surface area (Å²) >= 11 is 6.13. The summed E-state index contributed by atoms with van der Waals surface area (Å²) < 4.78 is 6.06. The van der Waals surface area contributed by atoms with Crippen LogP contribution in [0.5, 0.6) is 5.75 Å². The van der Waals surface area contributed by atoms with Gasteiger partial charge in [-0.2, -0.15) is 0 Å². The minimum absolute atomic E-state index is 0.315. The number of nitrogen functional groups attached to an aromatic ring is 1. The Bertz CT molecular complexity index is 380. The molecule has 2 atom stereocenters. The number of ether oxygens (including phenoxy) is 1. The Balaban J connectivity index is 2.08. The molecule has 0 spiro atoms. The minimum atomic E-state index is 0.315. The highest BCUT2D eigenvalue weighted by atomic mass is 35.5. The number of hydrogen-bond donors (Lipinski definition) is 1. The van der Waals surface area contributed by atoms with Crippen molar-refractivity contribution in [3.05, 3.63) is 23.2 Å². The predicted molar refractivity (Wildman–Crippen MR) is 72.5 cm³/mol. The highest BCUT2D eigenvalue weighted by molar-refractivity contribution is 6.32. The molecule has 3 heteroatoms. The average Bonchev–Trinajstić information content (AvgIpc) is 2.33. The van der Waals surface area contributed by atoms with E-state index in [9.17, 15) is 0 Å². The zero-order chi connectivity index (χ0) is 12.3. The largest absolute Gasteiger partial charge is 0.489 e. The maximum atomic E-state index is 6.13. The number of hydrogen-bond acceptors (Lipinski definition) is 2. The first-order chi connectivity index (χ1) is 8.20. The molecule has 1 aliphatic carbocycles. The Morgan fingerprint density at radius 1 is 1.35 bits per heavy atom. The molecule has 2 nitrogen and oxygen atoms in total. The Hall–Kier alpha value is -0.890. The summed E-state index contributed by atoms with van der Waals surface area (Å²) in [5.74, 6) is 1.43. The van der Waals surface area contributed by atoms with Gasteiger partial charge in [-0.1, -0.05) is 24.9 Å². The van der Waals surface area contributed by atoms with E-state index in [-0.39, 0.29) is 0 Å². The SMILES string of the molecule is CCC1CCCCC1Oc1ccc(N)cc1Cl. The molecule has 2 unspecified atom stereocenters. The molecular weight excluding hydrogens is 234 g/mol. The molecule has 2 N–H and O–H groups in total. The van der Waals surface area contributed by atoms with E-state index in [0.717, 1.165) is 12.2 Å². The van der Waals surface area contributed by atoms with Crippen molar-refractivity contribution in [1.29, 1.82) is 0 Å². The van der Waals surface area contributed by atoms with Crippen LogP contribution in [-0.4, -0.2) is 6.10 Å². The topological polar surface area (TPSA) is 35.2 Å². The van der Waals surface area contributed by atoms with Crippen molar-refractivity contribution in [3.8, 4) is 5.75 Å². The quantitative estimate of drug-likeness (QED) is 0.817. The van der Waals surface area contributed by atoms with Crippen LogP contribution < -0.4 is 10.5 Å². The zero-order valence-electron chi connectivity index (χ0n) is 10.3. The smallest absolute Gasteiger partial charge is 0.138 e. The monoisotopic (exact) mass is 253 g/mol. The van der Waals surface area contributed by atoms with Crippen LogP contribution in [0.25, 0.3) is 0 Å². The highest BCUT2D eigenvalue weighted by Gasteiger charge is 2.25. The second-order valence-corrected chi connectivity index (χ2v) is 5.21. The van der Waals surface area contributed by atoms with Gasteiger partial charge in [0.15, 0.2) is 0 Å². The molecule has 2 rings (SSSR count). The van der Waals surface area contributed by atoms with Crippen LogP contribution in [0.1, 0.15) is 39.0 Å². The molecule has 0 aliphatic heterocycles. The third-order valence-corrected chi connectivity index (χ3v) is 3.89. The molecule has 0 saturated heterocycles. The lowest BCUT2D eigenvalue weighted by Crippen LogP contribution is -2.29. The molecule has 17 heavy (non-hydrogen) atoms. The molecule has 0 amide bonds. The van der Waals surface area contributed by atoms with Crippen molar-refractivity contribution in [2.24, 2.45) is 5.92 Å². The molecular formula is C14H20ClNO. The number of anilines is 1. The Morgan fingerprint density at radius 3 is 2.82 bits per heavy atom. The van der Waals surface area contributed by atoms with Crippen molar-refractivity contribution >= 4 is 17.3 Å². The molecule has 94 valence electrons. The van der Waals surface area contributed by atoms with E-state index in [2.05, 4.69) is 6.92 Å². The molecule has 1 aliphatic rings. The summed E-state index contributed by atoms with van der Waals surface area (Å²) in [6.45, 7) is 2.23. The van der Waals surface area contributed by atoms with E-state index in [1.54, 1.807) is 6.07 Å². The molecule has 0 heterocycles. The van der Waals surface area contributed by atoms with Crippen LogP contribution in [0.4, 0.5) is 5.69 Å². The van der Waals surface area contributed by atoms with Gasteiger partial charge >= 0.3 is 0 Å². The summed E-state index contributed by atoms with van der Waals surface area (Å²) in [5, 5.41) is 0.616. The van der Waals surface area contributed by atoms with E-state index < -0.39 is 0 Å². The Kier molecular flexibility index (Phi) is 4.16. The van der Waals surface area contributed by atoms with Crippen LogP contribution in [0.15, 0.2) is 18.2 Å². The number of rotatable bonds is 3. The predicted octanol–water partition coefficient (Wildman–Crippen LogP) is 4.27. The van der Waals surface area contributed by atoms with Gasteiger partial charge in [0.05, 0.1) is 5.02 Å². The van der Waals surface area contributed by atoms with E-state index in [4.69, 9.17) is 22.1 Å². The van der Waals surface area contributed by atoms with Crippen molar-refractivity contribution in [2.75, 3.05) is 5.73 Å². The molecule has 0 bridgehead atoms. The summed E-state index contributed by atoms with van der Waals surface area (Å²) in [6.07, 6.45) is 6.49. The van der Waals surface area contributed by atoms with Gasteiger partial charge in [0.2, 0.25) is 0 Å². The van der Waals surface area contributed by atoms with Crippen LogP contribution in [0.3, 0.4) is 0 Å². The highest BCUT2D eigenvalue weighted by Crippen LogP contribution is 2.34. The first-order valence-corrected chi connectivity index (χ1v) is 6.80. The van der Waals surface area contributed by atoms with Crippen molar-refractivity contribution in [1.82, 2.24) is 0 Å². The number of nitrogens with two attached hydrogens (primary N) is 1. The molecule has 0 radical (unpaired) electrons. The maximum absolute atomic E-state index is 6.13. The lowest BCUT2D eigenvalue weighted by molar-refractivity contribution is 0.0905. The van der Waals surface area contributed by atoms with Crippen molar-refractivity contribution in [3.63, 3.8) is 0 Å². The second-order valence-electron chi connectivity index (χ2n) is 4.80. The lowest BCUT2D eigenvalue weighted by Gasteiger charge is -2.31. The molecule has 1 saturated carbocycles. The Labute approximate surface area is 108 Å². The second kappa shape index (κ2) is 5.63. The summed E-state index contributed by atoms with van der Waals surface area (Å²) in [7, 11) is 0. The lowest BCUT2D eigenvalue weighted by atomic mass is 9.85. The standard InChI is InChI=1S/C14H20ClNO/c1-2-10-5-3-4-6-13(10)17-14-8-7-11(16)9-12(14)15/h7-10,13H,2-6,16H2,1H3. The van der Waals surface area contributed by atoms with E-state index in [0.29, 0.717) is 22.7 Å². The maximum Gasteiger partial charge on any atom is 0.138 e. The minimum Gasteiger partial charge on any atom is -0.489 e. The number of benzene rings is 1. The summed E-state index contributed by atoms with van der Waals surface area (Å²) in [6, 6.07) is 5.46. The van der Waals surface area contributed by atoms with Crippen molar-refractivity contribution in [2.45, 2.75) is 45.1 Å². The molecule has 1 aromatic rings. The van der Waals surface area contributed by atoms with Crippen LogP contribution in [-0.2, 0) is 0 Å². The van der Waals surface area contributed by atoms with Crippen LogP contribution in [0, 0.1) is 5.92 Å². The molecule has 1 aromatic carbocycles.